The Morgan fingerprint density at radius 1 is 1.38 bits per heavy atom. The van der Waals surface area contributed by atoms with Gasteiger partial charge >= 0.3 is 0 Å². The van der Waals surface area contributed by atoms with Crippen molar-refractivity contribution in [3.63, 3.8) is 0 Å². The Kier molecular flexibility index (Phi) is 3.80. The Balaban J connectivity index is 1.57. The molecule has 3 aromatic heterocycles. The first-order chi connectivity index (χ1) is 11.7. The summed E-state index contributed by atoms with van der Waals surface area (Å²) in [5.74, 6) is -0.0685. The van der Waals surface area contributed by atoms with Crippen LogP contribution in [0.5, 0.6) is 0 Å². The Bertz CT molecular complexity index is 847. The van der Waals surface area contributed by atoms with Crippen LogP contribution >= 0.6 is 0 Å². The molecule has 3 aromatic rings. The number of aromatic nitrogens is 3. The second-order valence-electron chi connectivity index (χ2n) is 6.45. The van der Waals surface area contributed by atoms with Crippen molar-refractivity contribution in [1.29, 1.82) is 0 Å². The molecular weight excluding hydrogens is 304 g/mol. The summed E-state index contributed by atoms with van der Waals surface area (Å²) in [6.45, 7) is 0.504. The van der Waals surface area contributed by atoms with Gasteiger partial charge in [-0.3, -0.25) is 4.79 Å². The van der Waals surface area contributed by atoms with E-state index in [1.165, 1.54) is 25.7 Å². The van der Waals surface area contributed by atoms with E-state index in [9.17, 15) is 4.79 Å². The van der Waals surface area contributed by atoms with E-state index in [1.54, 1.807) is 30.7 Å². The van der Waals surface area contributed by atoms with Gasteiger partial charge in [-0.25, -0.2) is 9.97 Å². The van der Waals surface area contributed by atoms with Crippen LogP contribution in [-0.4, -0.2) is 32.4 Å². The molecule has 3 heterocycles. The van der Waals surface area contributed by atoms with E-state index in [4.69, 9.17) is 4.42 Å². The molecule has 6 nitrogen and oxygen atoms in total. The molecule has 124 valence electrons. The Morgan fingerprint density at radius 3 is 2.96 bits per heavy atom. The van der Waals surface area contributed by atoms with E-state index in [2.05, 4.69) is 14.5 Å². The Hall–Kier alpha value is -2.63. The van der Waals surface area contributed by atoms with Crippen LogP contribution in [0.3, 0.4) is 0 Å². The molecule has 4 rings (SSSR count). The van der Waals surface area contributed by atoms with Crippen molar-refractivity contribution in [2.24, 2.45) is 0 Å². The lowest BCUT2D eigenvalue weighted by Gasteiger charge is -2.16. The first kappa shape index (κ1) is 14.9. The maximum Gasteiger partial charge on any atom is 0.255 e. The number of hydrogen-bond acceptors (Lipinski definition) is 4. The summed E-state index contributed by atoms with van der Waals surface area (Å²) in [5.41, 5.74) is 3.18. The molecule has 0 atom stereocenters. The minimum absolute atomic E-state index is 0.0685. The van der Waals surface area contributed by atoms with Crippen molar-refractivity contribution in [2.45, 2.75) is 38.3 Å². The third-order valence-electron chi connectivity index (χ3n) is 4.72. The monoisotopic (exact) mass is 324 g/mol. The number of fused-ring (bicyclic) bond motifs is 1. The number of pyridine rings is 1. The number of rotatable bonds is 4. The first-order valence-electron chi connectivity index (χ1n) is 8.31. The zero-order valence-electron chi connectivity index (χ0n) is 13.7. The largest absolute Gasteiger partial charge is 0.472 e. The summed E-state index contributed by atoms with van der Waals surface area (Å²) >= 11 is 0. The summed E-state index contributed by atoms with van der Waals surface area (Å²) in [6, 6.07) is 4.18. The van der Waals surface area contributed by atoms with Gasteiger partial charge in [0.2, 0.25) is 0 Å². The maximum absolute atomic E-state index is 12.6. The number of carbonyl (C=O) groups excluding carboxylic acids is 1. The predicted octanol–water partition coefficient (Wildman–Crippen LogP) is 3.41. The van der Waals surface area contributed by atoms with Gasteiger partial charge in [0, 0.05) is 31.4 Å². The van der Waals surface area contributed by atoms with Gasteiger partial charge in [0.1, 0.15) is 5.52 Å². The molecular formula is C18H20N4O2. The van der Waals surface area contributed by atoms with Crippen molar-refractivity contribution in [3.05, 3.63) is 48.3 Å². The summed E-state index contributed by atoms with van der Waals surface area (Å²) < 4.78 is 7.21. The SMILES string of the molecule is CN(Cc1ccoc1)C(=O)c1cnc2c(c1)ncn2C1CCCC1. The molecule has 1 amide bonds. The van der Waals surface area contributed by atoms with Crippen molar-refractivity contribution in [3.8, 4) is 0 Å². The van der Waals surface area contributed by atoms with Crippen LogP contribution in [-0.2, 0) is 6.54 Å². The molecule has 0 radical (unpaired) electrons. The molecule has 1 saturated carbocycles. The van der Waals surface area contributed by atoms with E-state index in [1.807, 2.05) is 18.5 Å². The highest BCUT2D eigenvalue weighted by atomic mass is 16.3. The summed E-state index contributed by atoms with van der Waals surface area (Å²) in [5, 5.41) is 0. The van der Waals surface area contributed by atoms with Gasteiger partial charge < -0.3 is 13.9 Å². The van der Waals surface area contributed by atoms with Gasteiger partial charge in [-0.1, -0.05) is 12.8 Å². The van der Waals surface area contributed by atoms with Crippen LogP contribution in [0.2, 0.25) is 0 Å². The van der Waals surface area contributed by atoms with E-state index < -0.39 is 0 Å². The highest BCUT2D eigenvalue weighted by Gasteiger charge is 2.20. The van der Waals surface area contributed by atoms with Crippen LogP contribution in [0.15, 0.2) is 41.6 Å². The fourth-order valence-electron chi connectivity index (χ4n) is 3.43. The molecule has 0 N–H and O–H groups in total. The van der Waals surface area contributed by atoms with Crippen LogP contribution in [0.4, 0.5) is 0 Å². The Labute approximate surface area is 140 Å². The third kappa shape index (κ3) is 2.68. The smallest absolute Gasteiger partial charge is 0.255 e. The molecule has 0 saturated heterocycles. The molecule has 0 aliphatic heterocycles. The molecule has 1 fully saturated rings. The molecule has 24 heavy (non-hydrogen) atoms. The second kappa shape index (κ2) is 6.11. The molecule has 1 aliphatic carbocycles. The van der Waals surface area contributed by atoms with E-state index in [0.717, 1.165) is 16.7 Å². The predicted molar refractivity (Wildman–Crippen MR) is 89.5 cm³/mol. The lowest BCUT2D eigenvalue weighted by molar-refractivity contribution is 0.0784. The van der Waals surface area contributed by atoms with Crippen molar-refractivity contribution < 1.29 is 9.21 Å². The summed E-state index contributed by atoms with van der Waals surface area (Å²) in [6.07, 6.45) is 11.7. The fraction of sp³-hybridized carbons (Fsp3) is 0.389. The second-order valence-corrected chi connectivity index (χ2v) is 6.45. The minimum atomic E-state index is -0.0685. The van der Waals surface area contributed by atoms with Gasteiger partial charge in [-0.15, -0.1) is 0 Å². The zero-order chi connectivity index (χ0) is 16.5. The van der Waals surface area contributed by atoms with E-state index in [-0.39, 0.29) is 5.91 Å². The van der Waals surface area contributed by atoms with Crippen molar-refractivity contribution >= 4 is 17.1 Å². The van der Waals surface area contributed by atoms with Crippen molar-refractivity contribution in [2.75, 3.05) is 7.05 Å². The average Bonchev–Trinajstić information content (AvgIpc) is 3.33. The van der Waals surface area contributed by atoms with Crippen LogP contribution in [0, 0.1) is 0 Å². The first-order valence-corrected chi connectivity index (χ1v) is 8.31. The number of imidazole rings is 1. The fourth-order valence-corrected chi connectivity index (χ4v) is 3.43. The van der Waals surface area contributed by atoms with Gasteiger partial charge in [0.05, 0.1) is 24.4 Å². The minimum Gasteiger partial charge on any atom is -0.472 e. The Morgan fingerprint density at radius 2 is 2.21 bits per heavy atom. The van der Waals surface area contributed by atoms with E-state index in [0.29, 0.717) is 18.2 Å². The quantitative estimate of drug-likeness (QED) is 0.738. The number of hydrogen-bond donors (Lipinski definition) is 0. The third-order valence-corrected chi connectivity index (χ3v) is 4.72. The van der Waals surface area contributed by atoms with E-state index >= 15 is 0 Å². The van der Waals surface area contributed by atoms with Gasteiger partial charge in [0.15, 0.2) is 5.65 Å². The highest BCUT2D eigenvalue weighted by molar-refractivity contribution is 5.96. The molecule has 0 bridgehead atoms. The van der Waals surface area contributed by atoms with Crippen molar-refractivity contribution in [1.82, 2.24) is 19.4 Å². The zero-order valence-corrected chi connectivity index (χ0v) is 13.7. The average molecular weight is 324 g/mol. The summed E-state index contributed by atoms with van der Waals surface area (Å²) in [7, 11) is 1.77. The molecule has 0 aromatic carbocycles. The van der Waals surface area contributed by atoms with Gasteiger partial charge in [-0.05, 0) is 25.0 Å². The highest BCUT2D eigenvalue weighted by Crippen LogP contribution is 2.31. The topological polar surface area (TPSA) is 64.2 Å². The molecule has 0 unspecified atom stereocenters. The summed E-state index contributed by atoms with van der Waals surface area (Å²) in [4.78, 5) is 23.2. The van der Waals surface area contributed by atoms with Gasteiger partial charge in [-0.2, -0.15) is 0 Å². The standard InChI is InChI=1S/C18H20N4O2/c1-21(10-13-6-7-24-11-13)18(23)14-8-16-17(19-9-14)22(12-20-16)15-4-2-3-5-15/h6-9,11-12,15H,2-5,10H2,1H3. The number of amides is 1. The maximum atomic E-state index is 12.6. The molecule has 1 aliphatic rings. The molecule has 6 heteroatoms. The number of furan rings is 1. The lowest BCUT2D eigenvalue weighted by atomic mass is 10.2. The molecule has 0 spiro atoms. The normalized spacial score (nSPS) is 15.2. The number of nitrogens with zero attached hydrogens (tertiary/aromatic N) is 4. The van der Waals surface area contributed by atoms with Crippen LogP contribution < -0.4 is 0 Å². The van der Waals surface area contributed by atoms with Crippen LogP contribution in [0.25, 0.3) is 11.2 Å². The number of carbonyl (C=O) groups is 1. The van der Waals surface area contributed by atoms with Crippen LogP contribution in [0.1, 0.15) is 47.6 Å². The van der Waals surface area contributed by atoms with Gasteiger partial charge in [0.25, 0.3) is 5.91 Å². The lowest BCUT2D eigenvalue weighted by Crippen LogP contribution is -2.26.